The van der Waals surface area contributed by atoms with Crippen LogP contribution in [0.5, 0.6) is 0 Å². The lowest BCUT2D eigenvalue weighted by atomic mass is 10.2. The fourth-order valence-corrected chi connectivity index (χ4v) is 0.794. The Labute approximate surface area is 63.7 Å². The lowest BCUT2D eigenvalue weighted by Crippen LogP contribution is -2.21. The van der Waals surface area contributed by atoms with Crippen molar-refractivity contribution in [3.05, 3.63) is 16.8 Å². The fourth-order valence-electron chi connectivity index (χ4n) is 0.794. The van der Waals surface area contributed by atoms with Crippen LogP contribution in [0.4, 0.5) is 0 Å². The maximum Gasteiger partial charge on any atom is 0.343 e. The van der Waals surface area contributed by atoms with Crippen LogP contribution in [0.15, 0.2) is 11.1 Å². The lowest BCUT2D eigenvalue weighted by Gasteiger charge is -2.05. The summed E-state index contributed by atoms with van der Waals surface area (Å²) >= 11 is 0. The number of hydrogen-bond donors (Lipinski definition) is 2. The first kappa shape index (κ1) is 8.00. The lowest BCUT2D eigenvalue weighted by molar-refractivity contribution is 0.222. The van der Waals surface area contributed by atoms with Gasteiger partial charge in [0.1, 0.15) is 6.33 Å². The van der Waals surface area contributed by atoms with Crippen molar-refractivity contribution in [2.45, 2.75) is 13.5 Å². The molecule has 62 valence electrons. The molecule has 1 heterocycles. The third-order valence-electron chi connectivity index (χ3n) is 1.44. The van der Waals surface area contributed by atoms with Gasteiger partial charge in [-0.1, -0.05) is 6.92 Å². The van der Waals surface area contributed by atoms with Crippen molar-refractivity contribution in [1.29, 1.82) is 0 Å². The highest BCUT2D eigenvalue weighted by Gasteiger charge is 2.02. The summed E-state index contributed by atoms with van der Waals surface area (Å²) in [4.78, 5) is 10.8. The van der Waals surface area contributed by atoms with Gasteiger partial charge in [-0.15, -0.1) is 0 Å². The molecule has 0 aliphatic rings. The van der Waals surface area contributed by atoms with Crippen LogP contribution in [0, 0.1) is 5.92 Å². The zero-order chi connectivity index (χ0) is 8.27. The Bertz CT molecular complexity index is 265. The molecule has 0 fully saturated rings. The molecule has 1 atom stereocenters. The average molecular weight is 157 g/mol. The van der Waals surface area contributed by atoms with Crippen LogP contribution in [0.3, 0.4) is 0 Å². The van der Waals surface area contributed by atoms with Gasteiger partial charge in [-0.05, 0) is 5.92 Å². The molecule has 0 saturated carbocycles. The second-order valence-corrected chi connectivity index (χ2v) is 2.60. The van der Waals surface area contributed by atoms with E-state index < -0.39 is 0 Å². The summed E-state index contributed by atoms with van der Waals surface area (Å²) in [6, 6.07) is 0. The van der Waals surface area contributed by atoms with Crippen LogP contribution in [0.2, 0.25) is 0 Å². The molecule has 11 heavy (non-hydrogen) atoms. The zero-order valence-electron chi connectivity index (χ0n) is 6.32. The zero-order valence-corrected chi connectivity index (χ0v) is 6.32. The van der Waals surface area contributed by atoms with Gasteiger partial charge >= 0.3 is 5.69 Å². The summed E-state index contributed by atoms with van der Waals surface area (Å²) in [7, 11) is 0. The van der Waals surface area contributed by atoms with Gasteiger partial charge in [0, 0.05) is 13.2 Å². The molecule has 2 N–H and O–H groups in total. The van der Waals surface area contributed by atoms with Gasteiger partial charge in [-0.2, -0.15) is 5.10 Å². The molecule has 1 aromatic rings. The van der Waals surface area contributed by atoms with Crippen molar-refractivity contribution in [2.24, 2.45) is 5.92 Å². The van der Waals surface area contributed by atoms with E-state index in [1.54, 1.807) is 0 Å². The van der Waals surface area contributed by atoms with Gasteiger partial charge in [0.15, 0.2) is 0 Å². The molecule has 5 nitrogen and oxygen atoms in total. The van der Waals surface area contributed by atoms with E-state index in [2.05, 4.69) is 10.2 Å². The summed E-state index contributed by atoms with van der Waals surface area (Å²) in [6.45, 7) is 2.45. The van der Waals surface area contributed by atoms with Crippen LogP contribution >= 0.6 is 0 Å². The van der Waals surface area contributed by atoms with Gasteiger partial charge in [0.25, 0.3) is 0 Å². The first-order valence-corrected chi connectivity index (χ1v) is 3.44. The molecule has 5 heteroatoms. The predicted molar refractivity (Wildman–Crippen MR) is 39.1 cm³/mol. The molecular formula is C6H11N3O2. The summed E-state index contributed by atoms with van der Waals surface area (Å²) in [6.07, 6.45) is 1.43. The second kappa shape index (κ2) is 3.34. The molecule has 0 radical (unpaired) electrons. The molecule has 0 bridgehead atoms. The Morgan fingerprint density at radius 3 is 3.09 bits per heavy atom. The minimum atomic E-state index is -0.231. The molecule has 0 aliphatic carbocycles. The van der Waals surface area contributed by atoms with Crippen molar-refractivity contribution in [3.63, 3.8) is 0 Å². The number of hydrogen-bond acceptors (Lipinski definition) is 3. The first-order valence-electron chi connectivity index (χ1n) is 3.44. The molecule has 0 spiro atoms. The van der Waals surface area contributed by atoms with Crippen molar-refractivity contribution in [2.75, 3.05) is 6.61 Å². The molecule has 0 aliphatic heterocycles. The number of H-pyrrole nitrogens is 1. The quantitative estimate of drug-likeness (QED) is 0.603. The van der Waals surface area contributed by atoms with Crippen molar-refractivity contribution >= 4 is 0 Å². The van der Waals surface area contributed by atoms with E-state index in [1.807, 2.05) is 6.92 Å². The second-order valence-electron chi connectivity index (χ2n) is 2.60. The Balaban J connectivity index is 2.64. The highest BCUT2D eigenvalue weighted by molar-refractivity contribution is 4.64. The summed E-state index contributed by atoms with van der Waals surface area (Å²) < 4.78 is 1.43. The number of nitrogens with one attached hydrogen (secondary N) is 1. The highest BCUT2D eigenvalue weighted by atomic mass is 16.3. The molecule has 1 unspecified atom stereocenters. The van der Waals surface area contributed by atoms with Crippen LogP contribution < -0.4 is 5.69 Å². The maximum absolute atomic E-state index is 10.8. The van der Waals surface area contributed by atoms with Crippen LogP contribution in [-0.4, -0.2) is 26.5 Å². The van der Waals surface area contributed by atoms with Gasteiger partial charge in [-0.3, -0.25) is 4.57 Å². The van der Waals surface area contributed by atoms with E-state index in [1.165, 1.54) is 10.9 Å². The number of aliphatic hydroxyl groups is 1. The third-order valence-corrected chi connectivity index (χ3v) is 1.44. The number of rotatable bonds is 3. The topological polar surface area (TPSA) is 70.9 Å². The van der Waals surface area contributed by atoms with E-state index in [9.17, 15) is 4.79 Å². The normalized spacial score (nSPS) is 13.3. The summed E-state index contributed by atoms with van der Waals surface area (Å²) in [5.74, 6) is 0.0882. The first-order chi connectivity index (χ1) is 5.24. The summed E-state index contributed by atoms with van der Waals surface area (Å²) in [5.41, 5.74) is -0.231. The standard InChI is InChI=1S/C6H11N3O2/c1-5(3-10)2-9-4-7-8-6(9)11/h4-5,10H,2-3H2,1H3,(H,8,11). The van der Waals surface area contributed by atoms with Crippen LogP contribution in [0.1, 0.15) is 6.92 Å². The molecule has 0 amide bonds. The molecular weight excluding hydrogens is 146 g/mol. The van der Waals surface area contributed by atoms with Crippen molar-refractivity contribution < 1.29 is 5.11 Å². The Morgan fingerprint density at radius 1 is 1.91 bits per heavy atom. The van der Waals surface area contributed by atoms with Crippen molar-refractivity contribution in [3.8, 4) is 0 Å². The van der Waals surface area contributed by atoms with Gasteiger partial charge in [0.2, 0.25) is 0 Å². The Kier molecular flexibility index (Phi) is 2.43. The van der Waals surface area contributed by atoms with E-state index in [-0.39, 0.29) is 18.2 Å². The predicted octanol–water partition coefficient (Wildman–Crippen LogP) is -0.800. The molecule has 1 rings (SSSR count). The van der Waals surface area contributed by atoms with Gasteiger partial charge in [-0.25, -0.2) is 9.89 Å². The minimum Gasteiger partial charge on any atom is -0.396 e. The third kappa shape index (κ3) is 1.91. The average Bonchev–Trinajstić information content (AvgIpc) is 2.37. The molecule has 0 aromatic carbocycles. The van der Waals surface area contributed by atoms with E-state index in [0.29, 0.717) is 6.54 Å². The van der Waals surface area contributed by atoms with Crippen molar-refractivity contribution in [1.82, 2.24) is 14.8 Å². The number of nitrogens with zero attached hydrogens (tertiary/aromatic N) is 2. The minimum absolute atomic E-state index is 0.0810. The Hall–Kier alpha value is -1.10. The fraction of sp³-hybridized carbons (Fsp3) is 0.667. The molecule has 1 aromatic heterocycles. The number of aliphatic hydroxyl groups excluding tert-OH is 1. The SMILES string of the molecule is CC(CO)Cn1cn[nH]c1=O. The van der Waals surface area contributed by atoms with Crippen LogP contribution in [-0.2, 0) is 6.54 Å². The van der Waals surface area contributed by atoms with Gasteiger partial charge in [0.05, 0.1) is 0 Å². The largest absolute Gasteiger partial charge is 0.396 e. The highest BCUT2D eigenvalue weighted by Crippen LogP contribution is 1.94. The number of aromatic amines is 1. The summed E-state index contributed by atoms with van der Waals surface area (Å²) in [5, 5.41) is 14.5. The smallest absolute Gasteiger partial charge is 0.343 e. The van der Waals surface area contributed by atoms with Gasteiger partial charge < -0.3 is 5.11 Å². The van der Waals surface area contributed by atoms with E-state index >= 15 is 0 Å². The Morgan fingerprint density at radius 2 is 2.64 bits per heavy atom. The van der Waals surface area contributed by atoms with E-state index in [4.69, 9.17) is 5.11 Å². The van der Waals surface area contributed by atoms with E-state index in [0.717, 1.165) is 0 Å². The number of aromatic nitrogens is 3. The monoisotopic (exact) mass is 157 g/mol. The molecule has 0 saturated heterocycles. The van der Waals surface area contributed by atoms with Crippen LogP contribution in [0.25, 0.3) is 0 Å². The maximum atomic E-state index is 10.8.